The molecule has 0 saturated heterocycles. The van der Waals surface area contributed by atoms with Crippen LogP contribution in [0.1, 0.15) is 64.2 Å². The van der Waals surface area contributed by atoms with E-state index in [2.05, 4.69) is 11.4 Å². The fraction of sp³-hybridized carbons (Fsp3) is 0.800. The van der Waals surface area contributed by atoms with Crippen molar-refractivity contribution in [3.63, 3.8) is 0 Å². The van der Waals surface area contributed by atoms with Crippen molar-refractivity contribution in [3.8, 4) is 0 Å². The lowest BCUT2D eigenvalue weighted by molar-refractivity contribution is -0.122. The molecular weight excluding hydrogens is 226 g/mol. The first kappa shape index (κ1) is 13.6. The number of aliphatic hydroxyl groups is 1. The number of hydrogen-bond acceptors (Lipinski definition) is 2. The van der Waals surface area contributed by atoms with Crippen LogP contribution in [0.25, 0.3) is 0 Å². The standard InChI is InChI=1S/C15H25NO2/c17-14(11-13-7-3-1-4-8-13)16-12-15(18)9-5-2-6-10-15/h7,18H,1-6,8-12H2,(H,16,17). The number of carbonyl (C=O) groups excluding carboxylic acids is 1. The summed E-state index contributed by atoms with van der Waals surface area (Å²) in [4.78, 5) is 11.8. The van der Waals surface area contributed by atoms with Gasteiger partial charge in [0.2, 0.25) is 5.91 Å². The van der Waals surface area contributed by atoms with Gasteiger partial charge in [-0.2, -0.15) is 0 Å². The minimum Gasteiger partial charge on any atom is -0.388 e. The number of rotatable bonds is 4. The molecule has 0 radical (unpaired) electrons. The Hall–Kier alpha value is -0.830. The Bertz CT molecular complexity index is 316. The van der Waals surface area contributed by atoms with Gasteiger partial charge < -0.3 is 10.4 Å². The van der Waals surface area contributed by atoms with Crippen molar-refractivity contribution in [2.45, 2.75) is 69.8 Å². The summed E-state index contributed by atoms with van der Waals surface area (Å²) in [5.41, 5.74) is 0.629. The molecule has 2 N–H and O–H groups in total. The van der Waals surface area contributed by atoms with E-state index >= 15 is 0 Å². The molecule has 0 aliphatic heterocycles. The van der Waals surface area contributed by atoms with Gasteiger partial charge in [0.15, 0.2) is 0 Å². The lowest BCUT2D eigenvalue weighted by atomic mass is 9.85. The minimum absolute atomic E-state index is 0.0714. The average molecular weight is 251 g/mol. The minimum atomic E-state index is -0.644. The van der Waals surface area contributed by atoms with Crippen LogP contribution in [0.2, 0.25) is 0 Å². The second kappa shape index (κ2) is 6.37. The Morgan fingerprint density at radius 2 is 2.00 bits per heavy atom. The van der Waals surface area contributed by atoms with Crippen LogP contribution in [0.5, 0.6) is 0 Å². The van der Waals surface area contributed by atoms with Gasteiger partial charge in [-0.15, -0.1) is 0 Å². The van der Waals surface area contributed by atoms with E-state index in [1.165, 1.54) is 24.8 Å². The van der Waals surface area contributed by atoms with E-state index in [-0.39, 0.29) is 5.91 Å². The molecule has 0 aromatic rings. The predicted molar refractivity (Wildman–Crippen MR) is 72.2 cm³/mol. The van der Waals surface area contributed by atoms with Crippen molar-refractivity contribution in [1.29, 1.82) is 0 Å². The molecule has 1 amide bonds. The average Bonchev–Trinajstić information content (AvgIpc) is 2.39. The molecular formula is C15H25NO2. The van der Waals surface area contributed by atoms with E-state index in [1.54, 1.807) is 0 Å². The molecule has 3 nitrogen and oxygen atoms in total. The van der Waals surface area contributed by atoms with E-state index in [1.807, 2.05) is 0 Å². The molecule has 0 bridgehead atoms. The molecule has 0 unspecified atom stereocenters. The zero-order chi connectivity index (χ0) is 12.8. The van der Waals surface area contributed by atoms with Crippen molar-refractivity contribution in [1.82, 2.24) is 5.32 Å². The Morgan fingerprint density at radius 1 is 1.22 bits per heavy atom. The summed E-state index contributed by atoms with van der Waals surface area (Å²) in [7, 11) is 0. The Balaban J connectivity index is 1.72. The molecule has 0 atom stereocenters. The smallest absolute Gasteiger partial charge is 0.224 e. The van der Waals surface area contributed by atoms with Gasteiger partial charge >= 0.3 is 0 Å². The summed E-state index contributed by atoms with van der Waals surface area (Å²) < 4.78 is 0. The molecule has 2 aliphatic rings. The summed E-state index contributed by atoms with van der Waals surface area (Å²) in [6.07, 6.45) is 12.4. The number of hydrogen-bond donors (Lipinski definition) is 2. The molecule has 1 fully saturated rings. The Kier molecular flexibility index (Phi) is 4.81. The van der Waals surface area contributed by atoms with E-state index in [4.69, 9.17) is 0 Å². The van der Waals surface area contributed by atoms with Crippen LogP contribution in [0.4, 0.5) is 0 Å². The molecule has 0 aromatic heterocycles. The van der Waals surface area contributed by atoms with Gasteiger partial charge in [-0.25, -0.2) is 0 Å². The third-order valence-electron chi connectivity index (χ3n) is 4.17. The maximum atomic E-state index is 11.8. The highest BCUT2D eigenvalue weighted by molar-refractivity contribution is 5.78. The fourth-order valence-electron chi connectivity index (χ4n) is 2.98. The fourth-order valence-corrected chi connectivity index (χ4v) is 2.98. The maximum absolute atomic E-state index is 11.8. The Labute approximate surface area is 110 Å². The summed E-state index contributed by atoms with van der Waals surface area (Å²) in [6.45, 7) is 0.430. The van der Waals surface area contributed by atoms with Crippen LogP contribution in [-0.2, 0) is 4.79 Å². The highest BCUT2D eigenvalue weighted by atomic mass is 16.3. The van der Waals surface area contributed by atoms with Gasteiger partial charge in [0, 0.05) is 13.0 Å². The van der Waals surface area contributed by atoms with Crippen molar-refractivity contribution in [2.24, 2.45) is 0 Å². The topological polar surface area (TPSA) is 49.3 Å². The van der Waals surface area contributed by atoms with E-state index in [0.717, 1.165) is 38.5 Å². The van der Waals surface area contributed by atoms with Crippen LogP contribution in [0.3, 0.4) is 0 Å². The van der Waals surface area contributed by atoms with Gasteiger partial charge in [-0.1, -0.05) is 30.9 Å². The maximum Gasteiger partial charge on any atom is 0.224 e. The normalized spacial score (nSPS) is 23.3. The van der Waals surface area contributed by atoms with Gasteiger partial charge in [0.05, 0.1) is 5.60 Å². The van der Waals surface area contributed by atoms with Gasteiger partial charge in [-0.3, -0.25) is 4.79 Å². The summed E-state index contributed by atoms with van der Waals surface area (Å²) in [6, 6.07) is 0. The molecule has 3 heteroatoms. The van der Waals surface area contributed by atoms with Crippen molar-refractivity contribution in [3.05, 3.63) is 11.6 Å². The van der Waals surface area contributed by atoms with Crippen LogP contribution < -0.4 is 5.32 Å². The van der Waals surface area contributed by atoms with Crippen molar-refractivity contribution < 1.29 is 9.90 Å². The van der Waals surface area contributed by atoms with E-state index in [9.17, 15) is 9.90 Å². The molecule has 0 heterocycles. The first-order valence-electron chi connectivity index (χ1n) is 7.35. The molecule has 0 spiro atoms. The molecule has 0 aromatic carbocycles. The van der Waals surface area contributed by atoms with Gasteiger partial charge in [0.25, 0.3) is 0 Å². The molecule has 2 rings (SSSR count). The lowest BCUT2D eigenvalue weighted by Gasteiger charge is -2.32. The third-order valence-corrected chi connectivity index (χ3v) is 4.17. The van der Waals surface area contributed by atoms with Crippen molar-refractivity contribution >= 4 is 5.91 Å². The number of nitrogens with one attached hydrogen (secondary N) is 1. The van der Waals surface area contributed by atoms with Gasteiger partial charge in [0.1, 0.15) is 0 Å². The largest absolute Gasteiger partial charge is 0.388 e. The van der Waals surface area contributed by atoms with E-state index < -0.39 is 5.60 Å². The quantitative estimate of drug-likeness (QED) is 0.755. The second-order valence-corrected chi connectivity index (χ2v) is 5.85. The first-order chi connectivity index (χ1) is 8.68. The Morgan fingerprint density at radius 3 is 2.67 bits per heavy atom. The zero-order valence-corrected chi connectivity index (χ0v) is 11.2. The monoisotopic (exact) mass is 251 g/mol. The van der Waals surface area contributed by atoms with Crippen LogP contribution in [0, 0.1) is 0 Å². The summed E-state index contributed by atoms with van der Waals surface area (Å²) in [5.74, 6) is 0.0714. The molecule has 18 heavy (non-hydrogen) atoms. The first-order valence-corrected chi connectivity index (χ1v) is 7.35. The lowest BCUT2D eigenvalue weighted by Crippen LogP contribution is -2.44. The third kappa shape index (κ3) is 4.13. The number of allylic oxidation sites excluding steroid dienone is 1. The highest BCUT2D eigenvalue weighted by Gasteiger charge is 2.29. The summed E-state index contributed by atoms with van der Waals surface area (Å²) in [5, 5.41) is 13.2. The zero-order valence-electron chi connectivity index (χ0n) is 11.2. The molecule has 1 saturated carbocycles. The van der Waals surface area contributed by atoms with Crippen LogP contribution in [0.15, 0.2) is 11.6 Å². The van der Waals surface area contributed by atoms with Crippen LogP contribution in [-0.4, -0.2) is 23.2 Å². The van der Waals surface area contributed by atoms with Crippen LogP contribution >= 0.6 is 0 Å². The number of carbonyl (C=O) groups is 1. The molecule has 2 aliphatic carbocycles. The highest BCUT2D eigenvalue weighted by Crippen LogP contribution is 2.27. The summed E-state index contributed by atoms with van der Waals surface area (Å²) >= 11 is 0. The predicted octanol–water partition coefficient (Wildman–Crippen LogP) is 2.69. The van der Waals surface area contributed by atoms with Gasteiger partial charge in [-0.05, 0) is 38.5 Å². The SMILES string of the molecule is O=C(CC1=CCCCC1)NCC1(O)CCCCC1. The van der Waals surface area contributed by atoms with Crippen molar-refractivity contribution in [2.75, 3.05) is 6.54 Å². The van der Waals surface area contributed by atoms with E-state index in [0.29, 0.717) is 13.0 Å². The second-order valence-electron chi connectivity index (χ2n) is 5.85. The number of amides is 1. The molecule has 102 valence electrons.